The van der Waals surface area contributed by atoms with Crippen LogP contribution >= 0.6 is 0 Å². The number of aromatic hydroxyl groups is 2. The third-order valence-corrected chi connectivity index (χ3v) is 5.26. The third kappa shape index (κ3) is 3.29. The molecule has 0 saturated carbocycles. The molecule has 0 amide bonds. The number of sulfone groups is 1. The molecule has 1 aromatic rings. The number of hydrogen-bond donors (Lipinski definition) is 2. The van der Waals surface area contributed by atoms with E-state index >= 15 is 0 Å². The van der Waals surface area contributed by atoms with Crippen molar-refractivity contribution >= 4 is 15.6 Å². The average molecular weight is 299 g/mol. The fourth-order valence-corrected chi connectivity index (χ4v) is 4.12. The largest absolute Gasteiger partial charge is 0.508 e. The lowest BCUT2D eigenvalue weighted by Gasteiger charge is -2.22. The Morgan fingerprint density at radius 1 is 1.40 bits per heavy atom. The van der Waals surface area contributed by atoms with E-state index in [1.165, 1.54) is 12.1 Å². The average Bonchev–Trinajstić information content (AvgIpc) is 2.69. The summed E-state index contributed by atoms with van der Waals surface area (Å²) in [5.74, 6) is -0.482. The summed E-state index contributed by atoms with van der Waals surface area (Å²) in [6.45, 7) is 0.0263. The number of phenolic OH excluding ortho intramolecular Hbond substituents is 2. The van der Waals surface area contributed by atoms with Crippen LogP contribution in [0.5, 0.6) is 11.5 Å². The fourth-order valence-electron chi connectivity index (χ4n) is 2.32. The minimum atomic E-state index is -2.99. The number of Topliss-reactive ketones (excluding diaryl/α,β-unsaturated/α-hetero) is 1. The number of likely N-dealkylation sites (N-methyl/N-ethyl adjacent to an activating group) is 1. The van der Waals surface area contributed by atoms with Crippen molar-refractivity contribution in [2.45, 2.75) is 12.5 Å². The molecule has 1 aliphatic rings. The predicted octanol–water partition coefficient (Wildman–Crippen LogP) is 0.399. The van der Waals surface area contributed by atoms with Crippen LogP contribution in [0, 0.1) is 0 Å². The van der Waals surface area contributed by atoms with Crippen LogP contribution in [-0.4, -0.2) is 60.5 Å². The van der Waals surface area contributed by atoms with Gasteiger partial charge in [-0.3, -0.25) is 9.69 Å². The molecule has 1 atom stereocenters. The van der Waals surface area contributed by atoms with Gasteiger partial charge in [0.2, 0.25) is 0 Å². The van der Waals surface area contributed by atoms with Crippen LogP contribution in [0.15, 0.2) is 18.2 Å². The van der Waals surface area contributed by atoms with Crippen LogP contribution in [0.25, 0.3) is 0 Å². The molecule has 0 aromatic heterocycles. The van der Waals surface area contributed by atoms with Crippen LogP contribution in [0.3, 0.4) is 0 Å². The highest BCUT2D eigenvalue weighted by atomic mass is 32.2. The van der Waals surface area contributed by atoms with E-state index < -0.39 is 9.84 Å². The van der Waals surface area contributed by atoms with E-state index in [9.17, 15) is 23.4 Å². The predicted molar refractivity (Wildman–Crippen MR) is 73.8 cm³/mol. The summed E-state index contributed by atoms with van der Waals surface area (Å²) in [5.41, 5.74) is 0.121. The van der Waals surface area contributed by atoms with Gasteiger partial charge in [0.15, 0.2) is 15.6 Å². The van der Waals surface area contributed by atoms with Crippen molar-refractivity contribution in [3.05, 3.63) is 23.8 Å². The van der Waals surface area contributed by atoms with Gasteiger partial charge in [-0.25, -0.2) is 8.42 Å². The molecule has 2 N–H and O–H groups in total. The van der Waals surface area contributed by atoms with E-state index in [2.05, 4.69) is 0 Å². The molecule has 6 nitrogen and oxygen atoms in total. The van der Waals surface area contributed by atoms with Crippen LogP contribution in [0.2, 0.25) is 0 Å². The summed E-state index contributed by atoms with van der Waals surface area (Å²) in [6.07, 6.45) is 0.522. The summed E-state index contributed by atoms with van der Waals surface area (Å²) in [5, 5.41) is 18.8. The van der Waals surface area contributed by atoms with Crippen molar-refractivity contribution in [3.8, 4) is 11.5 Å². The van der Waals surface area contributed by atoms with Crippen LogP contribution in [0.1, 0.15) is 16.8 Å². The zero-order valence-corrected chi connectivity index (χ0v) is 11.9. The second kappa shape index (κ2) is 5.41. The quantitative estimate of drug-likeness (QED) is 0.781. The van der Waals surface area contributed by atoms with Gasteiger partial charge in [0, 0.05) is 12.1 Å². The first-order valence-corrected chi connectivity index (χ1v) is 8.06. The molecule has 0 radical (unpaired) electrons. The zero-order chi connectivity index (χ0) is 14.9. The Balaban J connectivity index is 2.04. The minimum absolute atomic E-state index is 0.0263. The summed E-state index contributed by atoms with van der Waals surface area (Å²) in [7, 11) is -1.29. The maximum absolute atomic E-state index is 12.1. The van der Waals surface area contributed by atoms with Crippen molar-refractivity contribution in [2.75, 3.05) is 25.1 Å². The molecule has 20 heavy (non-hydrogen) atoms. The molecule has 110 valence electrons. The fraction of sp³-hybridized carbons (Fsp3) is 0.462. The number of benzene rings is 1. The first-order valence-electron chi connectivity index (χ1n) is 6.24. The van der Waals surface area contributed by atoms with Crippen molar-refractivity contribution < 1.29 is 23.4 Å². The molecule has 1 aliphatic heterocycles. The maximum atomic E-state index is 12.1. The third-order valence-electron chi connectivity index (χ3n) is 3.51. The Morgan fingerprint density at radius 2 is 2.10 bits per heavy atom. The van der Waals surface area contributed by atoms with Gasteiger partial charge >= 0.3 is 0 Å². The topological polar surface area (TPSA) is 94.9 Å². The number of ketones is 1. The second-order valence-corrected chi connectivity index (χ2v) is 7.33. The van der Waals surface area contributed by atoms with E-state index in [1.807, 2.05) is 0 Å². The number of phenols is 2. The van der Waals surface area contributed by atoms with E-state index in [4.69, 9.17) is 0 Å². The Labute approximate surface area is 117 Å². The van der Waals surface area contributed by atoms with Gasteiger partial charge in [0.25, 0.3) is 0 Å². The number of carbonyl (C=O) groups is 1. The van der Waals surface area contributed by atoms with E-state index in [0.717, 1.165) is 6.07 Å². The maximum Gasteiger partial charge on any atom is 0.180 e. The number of rotatable bonds is 4. The summed E-state index contributed by atoms with van der Waals surface area (Å²) in [4.78, 5) is 13.8. The molecule has 0 aliphatic carbocycles. The van der Waals surface area contributed by atoms with Crippen molar-refractivity contribution in [1.82, 2.24) is 4.90 Å². The van der Waals surface area contributed by atoms with Gasteiger partial charge in [0.05, 0.1) is 23.6 Å². The van der Waals surface area contributed by atoms with E-state index in [-0.39, 0.29) is 46.9 Å². The van der Waals surface area contributed by atoms with Crippen molar-refractivity contribution in [3.63, 3.8) is 0 Å². The molecule has 7 heteroatoms. The van der Waals surface area contributed by atoms with Gasteiger partial charge in [0.1, 0.15) is 11.5 Å². The SMILES string of the molecule is CN(CC(=O)c1ccc(O)cc1O)C1CCS(=O)(=O)C1. The molecule has 2 rings (SSSR count). The highest BCUT2D eigenvalue weighted by Gasteiger charge is 2.31. The summed E-state index contributed by atoms with van der Waals surface area (Å²) < 4.78 is 22.8. The molecule has 0 bridgehead atoms. The first kappa shape index (κ1) is 14.8. The van der Waals surface area contributed by atoms with Crippen molar-refractivity contribution in [1.29, 1.82) is 0 Å². The minimum Gasteiger partial charge on any atom is -0.508 e. The van der Waals surface area contributed by atoms with E-state index in [0.29, 0.717) is 6.42 Å². The van der Waals surface area contributed by atoms with Gasteiger partial charge < -0.3 is 10.2 Å². The first-order chi connectivity index (χ1) is 9.28. The molecule has 1 heterocycles. The number of hydrogen-bond acceptors (Lipinski definition) is 6. The number of carbonyl (C=O) groups excluding carboxylic acids is 1. The Bertz CT molecular complexity index is 626. The normalized spacial score (nSPS) is 21.2. The van der Waals surface area contributed by atoms with Crippen LogP contribution in [-0.2, 0) is 9.84 Å². The molecule has 1 fully saturated rings. The van der Waals surface area contributed by atoms with Crippen LogP contribution in [0.4, 0.5) is 0 Å². The molecule has 1 saturated heterocycles. The zero-order valence-electron chi connectivity index (χ0n) is 11.1. The number of nitrogens with zero attached hydrogens (tertiary/aromatic N) is 1. The summed E-state index contributed by atoms with van der Waals surface area (Å²) >= 11 is 0. The Morgan fingerprint density at radius 3 is 2.65 bits per heavy atom. The van der Waals surface area contributed by atoms with Crippen LogP contribution < -0.4 is 0 Å². The lowest BCUT2D eigenvalue weighted by molar-refractivity contribution is 0.0924. The van der Waals surface area contributed by atoms with Crippen molar-refractivity contribution in [2.24, 2.45) is 0 Å². The lowest BCUT2D eigenvalue weighted by Crippen LogP contribution is -2.36. The highest BCUT2D eigenvalue weighted by Crippen LogP contribution is 2.24. The second-order valence-electron chi connectivity index (χ2n) is 5.10. The highest BCUT2D eigenvalue weighted by molar-refractivity contribution is 7.91. The Kier molecular flexibility index (Phi) is 4.01. The monoisotopic (exact) mass is 299 g/mol. The molecule has 0 spiro atoms. The molecule has 1 aromatic carbocycles. The van der Waals surface area contributed by atoms with Gasteiger partial charge in [-0.05, 0) is 25.6 Å². The van der Waals surface area contributed by atoms with Gasteiger partial charge in [-0.15, -0.1) is 0 Å². The van der Waals surface area contributed by atoms with Gasteiger partial charge in [-0.2, -0.15) is 0 Å². The molecular weight excluding hydrogens is 282 g/mol. The Hall–Kier alpha value is -1.60. The smallest absolute Gasteiger partial charge is 0.180 e. The molecule has 1 unspecified atom stereocenters. The molecular formula is C13H17NO5S. The van der Waals surface area contributed by atoms with E-state index in [1.54, 1.807) is 11.9 Å². The standard InChI is InChI=1S/C13H17NO5S/c1-14(9-4-5-20(18,19)8-9)7-13(17)11-3-2-10(15)6-12(11)16/h2-3,6,9,15-16H,4-5,7-8H2,1H3. The van der Waals surface area contributed by atoms with Gasteiger partial charge in [-0.1, -0.05) is 0 Å². The summed E-state index contributed by atoms with van der Waals surface area (Å²) in [6, 6.07) is 3.62. The lowest BCUT2D eigenvalue weighted by atomic mass is 10.1.